The summed E-state index contributed by atoms with van der Waals surface area (Å²) in [6.45, 7) is 2.02. The largest absolute Gasteiger partial charge is 0.338 e. The number of nitrogens with zero attached hydrogens (tertiary/aromatic N) is 1. The minimum atomic E-state index is -0.633. The van der Waals surface area contributed by atoms with Crippen LogP contribution in [0.25, 0.3) is 0 Å². The zero-order chi connectivity index (χ0) is 20.6. The van der Waals surface area contributed by atoms with Gasteiger partial charge < -0.3 is 15.5 Å². The number of hydrogen-bond acceptors (Lipinski definition) is 2. The highest BCUT2D eigenvalue weighted by Crippen LogP contribution is 2.19. The molecule has 0 unspecified atom stereocenters. The van der Waals surface area contributed by atoms with Crippen molar-refractivity contribution in [1.82, 2.24) is 15.5 Å². The number of urea groups is 1. The minimum absolute atomic E-state index is 0.0924. The third-order valence-corrected chi connectivity index (χ3v) is 4.96. The molecule has 0 bridgehead atoms. The van der Waals surface area contributed by atoms with E-state index in [4.69, 9.17) is 0 Å². The monoisotopic (exact) mass is 401 g/mol. The van der Waals surface area contributed by atoms with Gasteiger partial charge in [-0.25, -0.2) is 13.6 Å². The summed E-state index contributed by atoms with van der Waals surface area (Å²) < 4.78 is 26.2. The highest BCUT2D eigenvalue weighted by molar-refractivity contribution is 5.77. The molecule has 0 saturated carbocycles. The van der Waals surface area contributed by atoms with Gasteiger partial charge in [-0.3, -0.25) is 4.79 Å². The number of hydrogen-bond donors (Lipinski definition) is 2. The number of rotatable bonds is 7. The molecule has 7 heteroatoms. The summed E-state index contributed by atoms with van der Waals surface area (Å²) in [7, 11) is 0. The van der Waals surface area contributed by atoms with Crippen LogP contribution in [0.4, 0.5) is 13.6 Å². The van der Waals surface area contributed by atoms with Gasteiger partial charge in [0.2, 0.25) is 5.91 Å². The summed E-state index contributed by atoms with van der Waals surface area (Å²) in [5, 5.41) is 5.34. The zero-order valence-corrected chi connectivity index (χ0v) is 16.2. The summed E-state index contributed by atoms with van der Waals surface area (Å²) >= 11 is 0. The molecular weight excluding hydrogens is 376 g/mol. The second-order valence-electron chi connectivity index (χ2n) is 7.15. The lowest BCUT2D eigenvalue weighted by molar-refractivity contribution is -0.132. The Morgan fingerprint density at radius 2 is 1.66 bits per heavy atom. The van der Waals surface area contributed by atoms with Crippen LogP contribution in [0.2, 0.25) is 0 Å². The van der Waals surface area contributed by atoms with E-state index in [1.54, 1.807) is 0 Å². The first kappa shape index (κ1) is 20.8. The van der Waals surface area contributed by atoms with Crippen LogP contribution in [0, 0.1) is 11.6 Å². The third kappa shape index (κ3) is 6.27. The van der Waals surface area contributed by atoms with Gasteiger partial charge in [-0.1, -0.05) is 24.3 Å². The molecule has 1 aliphatic rings. The molecule has 0 radical (unpaired) electrons. The van der Waals surface area contributed by atoms with Crippen molar-refractivity contribution < 1.29 is 18.4 Å². The minimum Gasteiger partial charge on any atom is -0.338 e. The third-order valence-electron chi connectivity index (χ3n) is 4.96. The van der Waals surface area contributed by atoms with Crippen molar-refractivity contribution in [3.05, 3.63) is 70.8 Å². The summed E-state index contributed by atoms with van der Waals surface area (Å²) in [6.07, 6.45) is 2.14. The molecule has 1 heterocycles. The molecule has 0 aromatic heterocycles. The maximum Gasteiger partial charge on any atom is 0.314 e. The molecule has 0 aliphatic carbocycles. The molecule has 2 aromatic rings. The maximum atomic E-state index is 13.1. The Morgan fingerprint density at radius 1 is 0.966 bits per heavy atom. The van der Waals surface area contributed by atoms with E-state index in [1.807, 2.05) is 17.0 Å². The number of carbonyl (C=O) groups excluding carboxylic acids is 2. The predicted octanol–water partition coefficient (Wildman–Crippen LogP) is 3.17. The Balaban J connectivity index is 1.30. The van der Waals surface area contributed by atoms with Crippen molar-refractivity contribution >= 4 is 11.9 Å². The maximum absolute atomic E-state index is 13.1. The van der Waals surface area contributed by atoms with Gasteiger partial charge in [-0.2, -0.15) is 0 Å². The summed E-state index contributed by atoms with van der Waals surface area (Å²) in [6, 6.07) is 11.1. The molecule has 29 heavy (non-hydrogen) atoms. The van der Waals surface area contributed by atoms with E-state index in [0.29, 0.717) is 37.9 Å². The zero-order valence-electron chi connectivity index (χ0n) is 16.2. The average molecular weight is 401 g/mol. The van der Waals surface area contributed by atoms with Crippen molar-refractivity contribution in [2.24, 2.45) is 0 Å². The molecule has 5 nitrogen and oxygen atoms in total. The van der Waals surface area contributed by atoms with E-state index >= 15 is 0 Å². The lowest BCUT2D eigenvalue weighted by Gasteiger charge is -2.29. The first-order chi connectivity index (χ1) is 14.0. The lowest BCUT2D eigenvalue weighted by Crippen LogP contribution is -2.38. The summed E-state index contributed by atoms with van der Waals surface area (Å²) in [4.78, 5) is 26.0. The van der Waals surface area contributed by atoms with Crippen LogP contribution in [0.3, 0.4) is 0 Å². The van der Waals surface area contributed by atoms with E-state index in [-0.39, 0.29) is 18.5 Å². The van der Waals surface area contributed by atoms with Gasteiger partial charge in [0.05, 0.1) is 0 Å². The van der Waals surface area contributed by atoms with Crippen molar-refractivity contribution in [2.45, 2.75) is 32.2 Å². The predicted molar refractivity (Wildman–Crippen MR) is 106 cm³/mol. The van der Waals surface area contributed by atoms with Gasteiger partial charge in [0.25, 0.3) is 0 Å². The molecule has 3 amide bonds. The van der Waals surface area contributed by atoms with Crippen molar-refractivity contribution in [1.29, 1.82) is 0 Å². The molecular formula is C22H25F2N3O2. The van der Waals surface area contributed by atoms with Crippen molar-refractivity contribution in [2.75, 3.05) is 19.6 Å². The summed E-state index contributed by atoms with van der Waals surface area (Å²) in [5.41, 5.74) is 2.98. The molecule has 1 aliphatic heterocycles. The number of amides is 3. The average Bonchev–Trinajstić information content (AvgIpc) is 2.70. The van der Waals surface area contributed by atoms with E-state index in [1.165, 1.54) is 23.3 Å². The quantitative estimate of drug-likeness (QED) is 0.700. The van der Waals surface area contributed by atoms with Crippen LogP contribution in [-0.4, -0.2) is 36.5 Å². The SMILES string of the molecule is O=C(NCCCC(=O)N1CCc2ccccc2C1)NCCc1cc(F)cc(F)c1. The second kappa shape index (κ2) is 10.0. The highest BCUT2D eigenvalue weighted by atomic mass is 19.1. The number of halogens is 2. The smallest absolute Gasteiger partial charge is 0.314 e. The first-order valence-electron chi connectivity index (χ1n) is 9.82. The Labute approximate surface area is 169 Å². The molecule has 0 fully saturated rings. The Morgan fingerprint density at radius 3 is 2.41 bits per heavy atom. The Bertz CT molecular complexity index is 853. The van der Waals surface area contributed by atoms with Crippen LogP contribution in [-0.2, 0) is 24.2 Å². The van der Waals surface area contributed by atoms with Crippen molar-refractivity contribution in [3.63, 3.8) is 0 Å². The van der Waals surface area contributed by atoms with Gasteiger partial charge in [0.1, 0.15) is 11.6 Å². The normalized spacial score (nSPS) is 13.0. The van der Waals surface area contributed by atoms with Gasteiger partial charge in [0, 0.05) is 38.7 Å². The lowest BCUT2D eigenvalue weighted by atomic mass is 9.99. The fourth-order valence-corrected chi connectivity index (χ4v) is 3.45. The second-order valence-corrected chi connectivity index (χ2v) is 7.15. The molecule has 0 saturated heterocycles. The number of benzene rings is 2. The van der Waals surface area contributed by atoms with E-state index in [2.05, 4.69) is 22.8 Å². The van der Waals surface area contributed by atoms with Crippen LogP contribution in [0.5, 0.6) is 0 Å². The number of carbonyl (C=O) groups is 2. The van der Waals surface area contributed by atoms with E-state index < -0.39 is 11.6 Å². The van der Waals surface area contributed by atoms with Gasteiger partial charge in [-0.05, 0) is 48.1 Å². The van der Waals surface area contributed by atoms with Crippen LogP contribution in [0.1, 0.15) is 29.5 Å². The molecule has 0 spiro atoms. The highest BCUT2D eigenvalue weighted by Gasteiger charge is 2.19. The Hall–Kier alpha value is -2.96. The standard InChI is InChI=1S/C22H25F2N3O2/c23-19-12-16(13-20(24)14-19)7-10-26-22(29)25-9-3-6-21(28)27-11-8-17-4-1-2-5-18(17)15-27/h1-2,4-5,12-14H,3,6-11,15H2,(H2,25,26,29). The van der Waals surface area contributed by atoms with Gasteiger partial charge in [0.15, 0.2) is 0 Å². The van der Waals surface area contributed by atoms with Crippen LogP contribution >= 0.6 is 0 Å². The van der Waals surface area contributed by atoms with E-state index in [0.717, 1.165) is 19.0 Å². The number of nitrogens with one attached hydrogen (secondary N) is 2. The van der Waals surface area contributed by atoms with Crippen LogP contribution in [0.15, 0.2) is 42.5 Å². The molecule has 3 rings (SSSR count). The van der Waals surface area contributed by atoms with E-state index in [9.17, 15) is 18.4 Å². The molecule has 2 N–H and O–H groups in total. The van der Waals surface area contributed by atoms with Gasteiger partial charge in [-0.15, -0.1) is 0 Å². The first-order valence-corrected chi connectivity index (χ1v) is 9.82. The molecule has 0 atom stereocenters. The Kier molecular flexibility index (Phi) is 7.16. The molecule has 154 valence electrons. The fourth-order valence-electron chi connectivity index (χ4n) is 3.45. The molecule has 2 aromatic carbocycles. The van der Waals surface area contributed by atoms with Crippen molar-refractivity contribution in [3.8, 4) is 0 Å². The summed E-state index contributed by atoms with van der Waals surface area (Å²) in [5.74, 6) is -1.17. The fraction of sp³-hybridized carbons (Fsp3) is 0.364. The topological polar surface area (TPSA) is 61.4 Å². The number of fused-ring (bicyclic) bond motifs is 1. The van der Waals surface area contributed by atoms with Gasteiger partial charge >= 0.3 is 6.03 Å². The van der Waals surface area contributed by atoms with Crippen LogP contribution < -0.4 is 10.6 Å².